The number of hydrogen-bond acceptors (Lipinski definition) is 8. The summed E-state index contributed by atoms with van der Waals surface area (Å²) in [5.74, 6) is -3.43. The number of esters is 2. The molecule has 9 nitrogen and oxygen atoms in total. The second-order valence-electron chi connectivity index (χ2n) is 11.1. The summed E-state index contributed by atoms with van der Waals surface area (Å²) in [7, 11) is -4.64. The van der Waals surface area contributed by atoms with Gasteiger partial charge in [-0.1, -0.05) is 134 Å². The third-order valence-corrected chi connectivity index (χ3v) is 9.07. The van der Waals surface area contributed by atoms with Crippen molar-refractivity contribution in [2.24, 2.45) is 0 Å². The van der Waals surface area contributed by atoms with Crippen molar-refractivity contribution < 1.29 is 38.2 Å². The number of benzene rings is 1. The predicted octanol–water partition coefficient (Wildman–Crippen LogP) is 7.59. The van der Waals surface area contributed by atoms with Crippen molar-refractivity contribution in [2.75, 3.05) is 19.8 Å². The van der Waals surface area contributed by atoms with Crippen molar-refractivity contribution in [3.8, 4) is 0 Å². The van der Waals surface area contributed by atoms with Crippen molar-refractivity contribution in [2.45, 2.75) is 141 Å². The fourth-order valence-corrected chi connectivity index (χ4v) is 6.55. The molecule has 2 unspecified atom stereocenters. The fraction of sp³-hybridized carbons (Fsp3) is 0.758. The average molecular weight is 628 g/mol. The average Bonchev–Trinajstić information content (AvgIpc) is 2.99. The van der Waals surface area contributed by atoms with Crippen LogP contribution < -0.4 is 5.32 Å². The van der Waals surface area contributed by atoms with Gasteiger partial charge in [0.05, 0.1) is 13.2 Å². The topological polar surface area (TPSA) is 131 Å². The van der Waals surface area contributed by atoms with Gasteiger partial charge in [0.1, 0.15) is 5.78 Å². The summed E-state index contributed by atoms with van der Waals surface area (Å²) in [4.78, 5) is 35.6. The van der Waals surface area contributed by atoms with Gasteiger partial charge in [-0.05, 0) is 32.4 Å². The quantitative estimate of drug-likeness (QED) is 0.0513. The maximum atomic E-state index is 13.5. The van der Waals surface area contributed by atoms with E-state index in [1.807, 2.05) is 0 Å². The maximum Gasteiger partial charge on any atom is 0.350 e. The lowest BCUT2D eigenvalue weighted by Gasteiger charge is -2.28. The Bertz CT molecular complexity index is 900. The minimum atomic E-state index is -4.64. The van der Waals surface area contributed by atoms with Gasteiger partial charge < -0.3 is 19.5 Å². The first-order valence-corrected chi connectivity index (χ1v) is 18.2. The lowest BCUT2D eigenvalue weighted by molar-refractivity contribution is -0.170. The van der Waals surface area contributed by atoms with Crippen LogP contribution in [0.25, 0.3) is 0 Å². The number of unbranched alkanes of at least 4 members (excludes halogenated alkanes) is 15. The molecule has 0 heterocycles. The second-order valence-corrected chi connectivity index (χ2v) is 13.0. The summed E-state index contributed by atoms with van der Waals surface area (Å²) in [6.45, 7) is 5.67. The Balaban J connectivity index is 2.49. The highest BCUT2D eigenvalue weighted by molar-refractivity contribution is 7.53. The van der Waals surface area contributed by atoms with Crippen molar-refractivity contribution in [3.05, 3.63) is 35.9 Å². The third kappa shape index (κ3) is 17.3. The monoisotopic (exact) mass is 627 g/mol. The minimum absolute atomic E-state index is 0.0459. The summed E-state index contributed by atoms with van der Waals surface area (Å²) >= 11 is 0. The molecule has 1 aromatic carbocycles. The molecule has 0 saturated heterocycles. The molecule has 1 aromatic rings. The smallest absolute Gasteiger partial charge is 0.350 e. The lowest BCUT2D eigenvalue weighted by Crippen LogP contribution is -2.43. The van der Waals surface area contributed by atoms with E-state index in [0.717, 1.165) is 19.3 Å². The zero-order valence-corrected chi connectivity index (χ0v) is 27.7. The van der Waals surface area contributed by atoms with Crippen LogP contribution in [-0.2, 0) is 28.2 Å². The first kappa shape index (κ1) is 39.3. The summed E-state index contributed by atoms with van der Waals surface area (Å²) in [5.41, 5.74) is 0.484. The number of rotatable bonds is 27. The molecule has 0 fully saturated rings. The van der Waals surface area contributed by atoms with E-state index in [2.05, 4.69) is 12.2 Å². The van der Waals surface area contributed by atoms with E-state index >= 15 is 0 Å². The molecule has 10 heteroatoms. The van der Waals surface area contributed by atoms with Crippen LogP contribution in [0.1, 0.15) is 135 Å². The highest BCUT2D eigenvalue weighted by atomic mass is 31.2. The van der Waals surface area contributed by atoms with E-state index < -0.39 is 37.5 Å². The number of aliphatic hydroxyl groups is 1. The van der Waals surface area contributed by atoms with Crippen molar-refractivity contribution in [1.29, 1.82) is 0 Å². The van der Waals surface area contributed by atoms with Crippen LogP contribution in [0.5, 0.6) is 0 Å². The van der Waals surface area contributed by atoms with Crippen LogP contribution in [0.2, 0.25) is 0 Å². The highest BCUT2D eigenvalue weighted by Gasteiger charge is 2.44. The molecule has 1 rings (SSSR count). The van der Waals surface area contributed by atoms with Crippen LogP contribution in [0.3, 0.4) is 0 Å². The van der Waals surface area contributed by atoms with Crippen LogP contribution in [0.4, 0.5) is 0 Å². The molecule has 0 saturated carbocycles. The molecule has 0 aromatic heterocycles. The van der Waals surface area contributed by atoms with Crippen LogP contribution in [0, 0.1) is 0 Å². The van der Waals surface area contributed by atoms with Gasteiger partial charge in [0.2, 0.25) is 6.10 Å². The van der Waals surface area contributed by atoms with Crippen molar-refractivity contribution >= 4 is 19.5 Å². The molecule has 4 atom stereocenters. The van der Waals surface area contributed by atoms with Gasteiger partial charge in [-0.15, -0.1) is 0 Å². The predicted molar refractivity (Wildman–Crippen MR) is 171 cm³/mol. The standard InChI is InChI=1S/C33H58NO8P/c1-4-7-8-9-10-11-12-13-14-15-16-17-18-19-20-24-27-34-31(28-25-22-21-23-26-28)43(38,39)42-30(33(37)41-6-3)29(35)32(36)40-5-2/h21-23,25-26,29-31,34-35H,4-20,24,27H2,1-3H3,(H,38,39)/t29-,30-,31?/m1/s1. The van der Waals surface area contributed by atoms with Gasteiger partial charge in [0.25, 0.3) is 0 Å². The molecule has 0 radical (unpaired) electrons. The largest absolute Gasteiger partial charge is 0.464 e. The lowest BCUT2D eigenvalue weighted by atomic mass is 10.0. The second kappa shape index (κ2) is 24.5. The van der Waals surface area contributed by atoms with E-state index in [0.29, 0.717) is 12.1 Å². The molecule has 43 heavy (non-hydrogen) atoms. The van der Waals surface area contributed by atoms with Gasteiger partial charge >= 0.3 is 19.5 Å². The van der Waals surface area contributed by atoms with Gasteiger partial charge in [-0.3, -0.25) is 14.4 Å². The molecule has 0 amide bonds. The van der Waals surface area contributed by atoms with E-state index in [1.165, 1.54) is 97.3 Å². The van der Waals surface area contributed by atoms with Crippen LogP contribution in [-0.4, -0.2) is 53.9 Å². The number of nitrogens with one attached hydrogen (secondary N) is 1. The molecule has 0 aliphatic rings. The Morgan fingerprint density at radius 1 is 0.721 bits per heavy atom. The normalized spacial score (nSPS) is 14.9. The first-order chi connectivity index (χ1) is 20.8. The number of hydrogen-bond donors (Lipinski definition) is 3. The Hall–Kier alpha value is -1.77. The van der Waals surface area contributed by atoms with Crippen LogP contribution >= 0.6 is 7.60 Å². The number of aliphatic hydroxyl groups excluding tert-OH is 1. The molecule has 0 spiro atoms. The molecule has 3 N–H and O–H groups in total. The van der Waals surface area contributed by atoms with Gasteiger partial charge in [-0.2, -0.15) is 0 Å². The molecular weight excluding hydrogens is 569 g/mol. The third-order valence-electron chi connectivity index (χ3n) is 7.41. The molecule has 0 bridgehead atoms. The highest BCUT2D eigenvalue weighted by Crippen LogP contribution is 2.56. The summed E-state index contributed by atoms with van der Waals surface area (Å²) in [6.07, 6.45) is 16.0. The fourth-order valence-electron chi connectivity index (χ4n) is 5.00. The minimum Gasteiger partial charge on any atom is -0.464 e. The van der Waals surface area contributed by atoms with Gasteiger partial charge in [0.15, 0.2) is 6.10 Å². The van der Waals surface area contributed by atoms with E-state index in [4.69, 9.17) is 14.0 Å². The number of carbonyl (C=O) groups excluding carboxylic acids is 2. The van der Waals surface area contributed by atoms with E-state index in [9.17, 15) is 24.2 Å². The Morgan fingerprint density at radius 2 is 1.16 bits per heavy atom. The summed E-state index contributed by atoms with van der Waals surface area (Å²) < 4.78 is 28.5. The number of carbonyl (C=O) groups is 2. The zero-order valence-electron chi connectivity index (χ0n) is 26.8. The molecule has 0 aliphatic carbocycles. The van der Waals surface area contributed by atoms with E-state index in [-0.39, 0.29) is 13.2 Å². The zero-order chi connectivity index (χ0) is 31.8. The molecule has 248 valence electrons. The Morgan fingerprint density at radius 3 is 1.63 bits per heavy atom. The van der Waals surface area contributed by atoms with Crippen molar-refractivity contribution in [1.82, 2.24) is 5.32 Å². The Kier molecular flexibility index (Phi) is 22.4. The van der Waals surface area contributed by atoms with E-state index in [1.54, 1.807) is 30.3 Å². The summed E-state index contributed by atoms with van der Waals surface area (Å²) in [6, 6.07) is 8.60. The molecule has 0 aliphatic heterocycles. The first-order valence-electron chi connectivity index (χ1n) is 16.6. The number of ether oxygens (including phenoxy) is 2. The Labute approximate surface area is 260 Å². The molecular formula is C33H58NO8P. The summed E-state index contributed by atoms with van der Waals surface area (Å²) in [5, 5.41) is 13.5. The maximum absolute atomic E-state index is 13.5. The van der Waals surface area contributed by atoms with Gasteiger partial charge in [0, 0.05) is 0 Å². The van der Waals surface area contributed by atoms with Crippen molar-refractivity contribution in [3.63, 3.8) is 0 Å². The van der Waals surface area contributed by atoms with Gasteiger partial charge in [-0.25, -0.2) is 9.59 Å². The SMILES string of the molecule is CCCCCCCCCCCCCCCCCCNC(c1ccccc1)P(=O)(O)O[C@@H](C(=O)OCC)[C@@H](O)C(=O)OCC. The van der Waals surface area contributed by atoms with Crippen LogP contribution in [0.15, 0.2) is 30.3 Å².